The first-order chi connectivity index (χ1) is 9.08. The summed E-state index contributed by atoms with van der Waals surface area (Å²) in [6, 6.07) is 7.01. The van der Waals surface area contributed by atoms with E-state index in [-0.39, 0.29) is 23.0 Å². The maximum Gasteiger partial charge on any atom is 0.237 e. The Morgan fingerprint density at radius 3 is 2.89 bits per heavy atom. The number of nitrogens with one attached hydrogen (secondary N) is 1. The molecule has 1 aromatic carbocycles. The van der Waals surface area contributed by atoms with Crippen molar-refractivity contribution < 1.29 is 13.7 Å². The summed E-state index contributed by atoms with van der Waals surface area (Å²) in [7, 11) is -1.21. The second kappa shape index (κ2) is 6.16. The fourth-order valence-electron chi connectivity index (χ4n) is 2.09. The molecule has 104 valence electrons. The number of carbonyl (C=O) groups is 1. The Hall–Kier alpha value is -1.40. The predicted octanol–water partition coefficient (Wildman–Crippen LogP) is 1.13. The van der Waals surface area contributed by atoms with E-state index in [1.807, 2.05) is 6.92 Å². The summed E-state index contributed by atoms with van der Waals surface area (Å²) in [5, 5.41) is 2.62. The standard InChI is InChI=1S/C13H18N2O3S/c1-9-12(6-7-18-9)19(17)8-13(16)15-11-5-3-2-4-10(11)14/h2-5,9,12H,6-8,14H2,1H3,(H,15,16). The lowest BCUT2D eigenvalue weighted by atomic mass is 10.2. The van der Waals surface area contributed by atoms with Gasteiger partial charge >= 0.3 is 0 Å². The normalized spacial score (nSPS) is 24.1. The highest BCUT2D eigenvalue weighted by molar-refractivity contribution is 7.86. The Labute approximate surface area is 115 Å². The van der Waals surface area contributed by atoms with Gasteiger partial charge in [-0.15, -0.1) is 0 Å². The van der Waals surface area contributed by atoms with E-state index in [4.69, 9.17) is 10.5 Å². The topological polar surface area (TPSA) is 81.4 Å². The van der Waals surface area contributed by atoms with Gasteiger partial charge in [0.25, 0.3) is 0 Å². The highest BCUT2D eigenvalue weighted by atomic mass is 32.2. The number of ether oxygens (including phenoxy) is 1. The maximum absolute atomic E-state index is 12.1. The van der Waals surface area contributed by atoms with Crippen molar-refractivity contribution in [2.45, 2.75) is 24.7 Å². The summed E-state index contributed by atoms with van der Waals surface area (Å²) in [5.74, 6) is -0.303. The largest absolute Gasteiger partial charge is 0.397 e. The SMILES string of the molecule is CC1OCCC1S(=O)CC(=O)Nc1ccccc1N. The van der Waals surface area contributed by atoms with Gasteiger partial charge in [-0.05, 0) is 25.5 Å². The van der Waals surface area contributed by atoms with Crippen LogP contribution in [0.4, 0.5) is 11.4 Å². The molecule has 0 saturated carbocycles. The summed E-state index contributed by atoms with van der Waals surface area (Å²) in [6.07, 6.45) is 0.699. The number of hydrogen-bond acceptors (Lipinski definition) is 4. The number of para-hydroxylation sites is 2. The van der Waals surface area contributed by atoms with Gasteiger partial charge in [0.15, 0.2) is 0 Å². The minimum Gasteiger partial charge on any atom is -0.397 e. The van der Waals surface area contributed by atoms with Crippen LogP contribution in [0.3, 0.4) is 0 Å². The van der Waals surface area contributed by atoms with Crippen molar-refractivity contribution >= 4 is 28.1 Å². The van der Waals surface area contributed by atoms with Crippen LogP contribution in [0.5, 0.6) is 0 Å². The van der Waals surface area contributed by atoms with E-state index in [1.54, 1.807) is 24.3 Å². The van der Waals surface area contributed by atoms with Gasteiger partial charge in [-0.1, -0.05) is 12.1 Å². The van der Waals surface area contributed by atoms with Gasteiger partial charge in [0.05, 0.1) is 22.7 Å². The molecule has 6 heteroatoms. The predicted molar refractivity (Wildman–Crippen MR) is 76.3 cm³/mol. The third kappa shape index (κ3) is 3.54. The van der Waals surface area contributed by atoms with Gasteiger partial charge in [0.1, 0.15) is 5.75 Å². The Balaban J connectivity index is 1.91. The molecule has 1 aliphatic heterocycles. The summed E-state index contributed by atoms with van der Waals surface area (Å²) in [4.78, 5) is 11.8. The first-order valence-corrected chi connectivity index (χ1v) is 7.59. The molecule has 19 heavy (non-hydrogen) atoms. The van der Waals surface area contributed by atoms with Crippen molar-refractivity contribution in [2.75, 3.05) is 23.4 Å². The average Bonchev–Trinajstić information content (AvgIpc) is 2.78. The molecule has 3 atom stereocenters. The second-order valence-corrected chi connectivity index (χ2v) is 6.22. The monoisotopic (exact) mass is 282 g/mol. The zero-order chi connectivity index (χ0) is 13.8. The second-order valence-electron chi connectivity index (χ2n) is 4.56. The Morgan fingerprint density at radius 1 is 1.53 bits per heavy atom. The number of nitrogen functional groups attached to an aromatic ring is 1. The highest BCUT2D eigenvalue weighted by Crippen LogP contribution is 2.20. The van der Waals surface area contributed by atoms with E-state index in [2.05, 4.69) is 5.32 Å². The molecule has 0 spiro atoms. The van der Waals surface area contributed by atoms with Crippen molar-refractivity contribution in [2.24, 2.45) is 0 Å². The Kier molecular flexibility index (Phi) is 4.55. The van der Waals surface area contributed by atoms with Crippen molar-refractivity contribution in [3.05, 3.63) is 24.3 Å². The third-order valence-corrected chi connectivity index (χ3v) is 4.99. The highest BCUT2D eigenvalue weighted by Gasteiger charge is 2.30. The van der Waals surface area contributed by atoms with Gasteiger partial charge < -0.3 is 15.8 Å². The number of amides is 1. The molecule has 3 N–H and O–H groups in total. The number of nitrogens with two attached hydrogens (primary N) is 1. The molecule has 1 saturated heterocycles. The number of hydrogen-bond donors (Lipinski definition) is 2. The fraction of sp³-hybridized carbons (Fsp3) is 0.462. The fourth-order valence-corrected chi connectivity index (χ4v) is 3.50. The van der Waals surface area contributed by atoms with Crippen LogP contribution in [0.25, 0.3) is 0 Å². The van der Waals surface area contributed by atoms with Crippen molar-refractivity contribution in [3.8, 4) is 0 Å². The van der Waals surface area contributed by atoms with Crippen LogP contribution in [0.15, 0.2) is 24.3 Å². The van der Waals surface area contributed by atoms with E-state index in [0.717, 1.165) is 6.42 Å². The molecule has 0 aromatic heterocycles. The summed E-state index contributed by atoms with van der Waals surface area (Å²) in [6.45, 7) is 2.51. The van der Waals surface area contributed by atoms with Crippen molar-refractivity contribution in [1.29, 1.82) is 0 Å². The molecule has 1 aliphatic rings. The van der Waals surface area contributed by atoms with Gasteiger partial charge in [0, 0.05) is 17.4 Å². The lowest BCUT2D eigenvalue weighted by Gasteiger charge is -2.14. The van der Waals surface area contributed by atoms with Crippen LogP contribution in [0.1, 0.15) is 13.3 Å². The van der Waals surface area contributed by atoms with E-state index >= 15 is 0 Å². The molecule has 1 aromatic rings. The maximum atomic E-state index is 12.1. The molecule has 1 fully saturated rings. The Bertz CT molecular complexity index is 493. The lowest BCUT2D eigenvalue weighted by Crippen LogP contribution is -2.30. The lowest BCUT2D eigenvalue weighted by molar-refractivity contribution is -0.113. The van der Waals surface area contributed by atoms with Crippen LogP contribution >= 0.6 is 0 Å². The molecular formula is C13H18N2O3S. The molecule has 1 amide bonds. The molecule has 3 unspecified atom stereocenters. The van der Waals surface area contributed by atoms with Gasteiger partial charge in [-0.2, -0.15) is 0 Å². The van der Waals surface area contributed by atoms with Crippen LogP contribution in [0.2, 0.25) is 0 Å². The minimum absolute atomic E-state index is 0.0211. The van der Waals surface area contributed by atoms with Gasteiger partial charge in [0.2, 0.25) is 5.91 Å². The number of anilines is 2. The van der Waals surface area contributed by atoms with Crippen LogP contribution in [-0.2, 0) is 20.3 Å². The molecule has 2 rings (SSSR count). The summed E-state index contributed by atoms with van der Waals surface area (Å²) in [5.41, 5.74) is 6.79. The van der Waals surface area contributed by atoms with Crippen LogP contribution < -0.4 is 11.1 Å². The van der Waals surface area contributed by atoms with Crippen LogP contribution in [0, 0.1) is 0 Å². The van der Waals surface area contributed by atoms with Gasteiger partial charge in [-0.25, -0.2) is 0 Å². The number of benzene rings is 1. The van der Waals surface area contributed by atoms with Crippen molar-refractivity contribution in [3.63, 3.8) is 0 Å². The van der Waals surface area contributed by atoms with E-state index < -0.39 is 10.8 Å². The quantitative estimate of drug-likeness (QED) is 0.811. The molecule has 1 heterocycles. The zero-order valence-electron chi connectivity index (χ0n) is 10.8. The molecular weight excluding hydrogens is 264 g/mol. The molecule has 5 nitrogen and oxygen atoms in total. The number of rotatable bonds is 4. The molecule has 0 aliphatic carbocycles. The van der Waals surface area contributed by atoms with E-state index in [1.165, 1.54) is 0 Å². The number of carbonyl (C=O) groups excluding carboxylic acids is 1. The van der Waals surface area contributed by atoms with Crippen LogP contribution in [-0.4, -0.2) is 33.8 Å². The van der Waals surface area contributed by atoms with Crippen molar-refractivity contribution in [1.82, 2.24) is 0 Å². The average molecular weight is 282 g/mol. The van der Waals surface area contributed by atoms with Gasteiger partial charge in [-0.3, -0.25) is 9.00 Å². The zero-order valence-corrected chi connectivity index (χ0v) is 11.6. The first kappa shape index (κ1) is 14.0. The Morgan fingerprint density at radius 2 is 2.26 bits per heavy atom. The molecule has 0 radical (unpaired) electrons. The minimum atomic E-state index is -1.21. The summed E-state index contributed by atoms with van der Waals surface area (Å²) < 4.78 is 17.4. The van der Waals surface area contributed by atoms with E-state index in [9.17, 15) is 9.00 Å². The molecule has 0 bridgehead atoms. The smallest absolute Gasteiger partial charge is 0.237 e. The third-order valence-electron chi connectivity index (χ3n) is 3.15. The first-order valence-electron chi connectivity index (χ1n) is 6.21. The summed E-state index contributed by atoms with van der Waals surface area (Å²) >= 11 is 0. The van der Waals surface area contributed by atoms with E-state index in [0.29, 0.717) is 18.0 Å².